The molecular weight excluding hydrogens is 399 g/mol. The van der Waals surface area contributed by atoms with E-state index in [1.54, 1.807) is 12.1 Å². The summed E-state index contributed by atoms with van der Waals surface area (Å²) in [4.78, 5) is 23.2. The Hall–Kier alpha value is -2.09. The second-order valence-electron chi connectivity index (χ2n) is 4.55. The topological polar surface area (TPSA) is 72.8 Å². The Bertz CT molecular complexity index is 722. The Balaban J connectivity index is 2.34. The van der Waals surface area contributed by atoms with Gasteiger partial charge in [-0.3, -0.25) is 0 Å². The molecule has 2 aromatic carbocycles. The fourth-order valence-corrected chi connectivity index (χ4v) is 2.50. The lowest BCUT2D eigenvalue weighted by Crippen LogP contribution is -2.11. The first-order chi connectivity index (χ1) is 10.4. The molecule has 22 heavy (non-hydrogen) atoms. The Labute approximate surface area is 141 Å². The van der Waals surface area contributed by atoms with Gasteiger partial charge in [-0.05, 0) is 53.8 Å². The van der Waals surface area contributed by atoms with Crippen LogP contribution in [0.1, 0.15) is 26.3 Å². The van der Waals surface area contributed by atoms with E-state index in [4.69, 9.17) is 14.6 Å². The summed E-state index contributed by atoms with van der Waals surface area (Å²) < 4.78 is 11.0. The highest BCUT2D eigenvalue weighted by Gasteiger charge is 2.18. The van der Waals surface area contributed by atoms with Crippen molar-refractivity contribution >= 4 is 34.5 Å². The third-order valence-electron chi connectivity index (χ3n) is 2.96. The third-order valence-corrected chi connectivity index (χ3v) is 3.76. The predicted octanol–water partition coefficient (Wildman–Crippen LogP) is 3.53. The van der Waals surface area contributed by atoms with Gasteiger partial charge in [-0.2, -0.15) is 0 Å². The SMILES string of the molecule is COc1cc(C(=O)O)cc(I)c1OC(=O)c1ccc(C)cc1. The number of rotatable bonds is 4. The lowest BCUT2D eigenvalue weighted by molar-refractivity contribution is 0.0696. The summed E-state index contributed by atoms with van der Waals surface area (Å²) in [5, 5.41) is 9.04. The zero-order valence-electron chi connectivity index (χ0n) is 11.9. The molecule has 0 spiro atoms. The van der Waals surface area contributed by atoms with E-state index in [0.29, 0.717) is 9.13 Å². The maximum absolute atomic E-state index is 12.2. The van der Waals surface area contributed by atoms with E-state index in [0.717, 1.165) is 5.56 Å². The summed E-state index contributed by atoms with van der Waals surface area (Å²) in [6.45, 7) is 1.92. The molecule has 0 heterocycles. The molecule has 2 rings (SSSR count). The molecule has 6 heteroatoms. The van der Waals surface area contributed by atoms with Crippen LogP contribution < -0.4 is 9.47 Å². The number of carbonyl (C=O) groups is 2. The van der Waals surface area contributed by atoms with E-state index in [2.05, 4.69) is 0 Å². The van der Waals surface area contributed by atoms with Crippen molar-refractivity contribution in [1.29, 1.82) is 0 Å². The van der Waals surface area contributed by atoms with E-state index in [9.17, 15) is 9.59 Å². The molecule has 0 bridgehead atoms. The van der Waals surface area contributed by atoms with Gasteiger partial charge in [0, 0.05) is 0 Å². The van der Waals surface area contributed by atoms with Crippen molar-refractivity contribution in [2.75, 3.05) is 7.11 Å². The molecule has 0 radical (unpaired) electrons. The average molecular weight is 412 g/mol. The number of carboxylic acids is 1. The zero-order valence-corrected chi connectivity index (χ0v) is 14.1. The molecule has 114 valence electrons. The van der Waals surface area contributed by atoms with Gasteiger partial charge in [0.1, 0.15) is 0 Å². The van der Waals surface area contributed by atoms with Gasteiger partial charge in [-0.25, -0.2) is 9.59 Å². The summed E-state index contributed by atoms with van der Waals surface area (Å²) in [6.07, 6.45) is 0. The summed E-state index contributed by atoms with van der Waals surface area (Å²) in [6, 6.07) is 9.70. The molecule has 0 aliphatic rings. The van der Waals surface area contributed by atoms with Crippen molar-refractivity contribution in [2.45, 2.75) is 6.92 Å². The van der Waals surface area contributed by atoms with E-state index in [-0.39, 0.29) is 17.1 Å². The molecule has 2 aromatic rings. The molecule has 0 aliphatic heterocycles. The summed E-state index contributed by atoms with van der Waals surface area (Å²) in [5.41, 5.74) is 1.51. The fourth-order valence-electron chi connectivity index (χ4n) is 1.78. The van der Waals surface area contributed by atoms with Crippen molar-refractivity contribution in [1.82, 2.24) is 0 Å². The van der Waals surface area contributed by atoms with Crippen LogP contribution in [0, 0.1) is 10.5 Å². The molecular formula is C16H13IO5. The molecule has 0 fully saturated rings. The molecule has 0 aliphatic carbocycles. The van der Waals surface area contributed by atoms with Crippen LogP contribution in [-0.4, -0.2) is 24.2 Å². The number of carboxylic acid groups (broad SMARTS) is 1. The Morgan fingerprint density at radius 2 is 1.73 bits per heavy atom. The number of ether oxygens (including phenoxy) is 2. The second kappa shape index (κ2) is 6.78. The van der Waals surface area contributed by atoms with Crippen molar-refractivity contribution in [3.8, 4) is 11.5 Å². The Kier molecular flexibility index (Phi) is 5.02. The second-order valence-corrected chi connectivity index (χ2v) is 5.71. The standard InChI is InChI=1S/C16H13IO5/c1-9-3-5-10(6-4-9)16(20)22-14-12(17)7-11(15(18)19)8-13(14)21-2/h3-8H,1-2H3,(H,18,19). The van der Waals surface area contributed by atoms with E-state index >= 15 is 0 Å². The quantitative estimate of drug-likeness (QED) is 0.473. The van der Waals surface area contributed by atoms with Gasteiger partial charge >= 0.3 is 11.9 Å². The van der Waals surface area contributed by atoms with Crippen LogP contribution in [-0.2, 0) is 0 Å². The van der Waals surface area contributed by atoms with Crippen LogP contribution in [0.25, 0.3) is 0 Å². The molecule has 0 unspecified atom stereocenters. The van der Waals surface area contributed by atoms with Crippen molar-refractivity contribution in [3.05, 3.63) is 56.7 Å². The highest BCUT2D eigenvalue weighted by molar-refractivity contribution is 14.1. The number of esters is 1. The highest BCUT2D eigenvalue weighted by Crippen LogP contribution is 2.34. The monoisotopic (exact) mass is 412 g/mol. The van der Waals surface area contributed by atoms with Gasteiger partial charge in [-0.1, -0.05) is 17.7 Å². The predicted molar refractivity (Wildman–Crippen MR) is 88.8 cm³/mol. The summed E-state index contributed by atoms with van der Waals surface area (Å²) in [5.74, 6) is -1.20. The minimum atomic E-state index is -1.08. The van der Waals surface area contributed by atoms with Crippen LogP contribution in [0.15, 0.2) is 36.4 Å². The molecule has 5 nitrogen and oxygen atoms in total. The third kappa shape index (κ3) is 3.56. The first-order valence-corrected chi connectivity index (χ1v) is 7.40. The van der Waals surface area contributed by atoms with Crippen LogP contribution in [0.2, 0.25) is 0 Å². The molecule has 0 saturated heterocycles. The Morgan fingerprint density at radius 3 is 2.27 bits per heavy atom. The lowest BCUT2D eigenvalue weighted by atomic mass is 10.1. The average Bonchev–Trinajstić information content (AvgIpc) is 2.49. The number of halogens is 1. The Morgan fingerprint density at radius 1 is 1.09 bits per heavy atom. The number of aromatic carboxylic acids is 1. The van der Waals surface area contributed by atoms with E-state index in [1.165, 1.54) is 19.2 Å². The van der Waals surface area contributed by atoms with E-state index < -0.39 is 11.9 Å². The lowest BCUT2D eigenvalue weighted by Gasteiger charge is -2.12. The van der Waals surface area contributed by atoms with Gasteiger partial charge in [0.05, 0.1) is 21.8 Å². The molecule has 0 saturated carbocycles. The number of carbonyl (C=O) groups excluding carboxylic acids is 1. The molecule has 0 aromatic heterocycles. The molecule has 0 amide bonds. The number of benzene rings is 2. The summed E-state index contributed by atoms with van der Waals surface area (Å²) in [7, 11) is 1.39. The van der Waals surface area contributed by atoms with Crippen molar-refractivity contribution < 1.29 is 24.2 Å². The molecule has 0 atom stereocenters. The van der Waals surface area contributed by atoms with Crippen LogP contribution in [0.3, 0.4) is 0 Å². The van der Waals surface area contributed by atoms with Crippen LogP contribution >= 0.6 is 22.6 Å². The summed E-state index contributed by atoms with van der Waals surface area (Å²) >= 11 is 1.91. The fraction of sp³-hybridized carbons (Fsp3) is 0.125. The van der Waals surface area contributed by atoms with E-state index in [1.807, 2.05) is 41.6 Å². The number of hydrogen-bond donors (Lipinski definition) is 1. The first-order valence-electron chi connectivity index (χ1n) is 6.32. The molecule has 1 N–H and O–H groups in total. The van der Waals surface area contributed by atoms with Gasteiger partial charge in [0.15, 0.2) is 11.5 Å². The largest absolute Gasteiger partial charge is 0.493 e. The number of aryl methyl sites for hydroxylation is 1. The zero-order chi connectivity index (χ0) is 16.3. The minimum Gasteiger partial charge on any atom is -0.493 e. The van der Waals surface area contributed by atoms with Crippen LogP contribution in [0.4, 0.5) is 0 Å². The number of hydrogen-bond acceptors (Lipinski definition) is 4. The van der Waals surface area contributed by atoms with Crippen molar-refractivity contribution in [2.24, 2.45) is 0 Å². The smallest absolute Gasteiger partial charge is 0.343 e. The maximum Gasteiger partial charge on any atom is 0.343 e. The van der Waals surface area contributed by atoms with Crippen LogP contribution in [0.5, 0.6) is 11.5 Å². The first kappa shape index (κ1) is 16.3. The number of methoxy groups -OCH3 is 1. The van der Waals surface area contributed by atoms with Gasteiger partial charge < -0.3 is 14.6 Å². The minimum absolute atomic E-state index is 0.0661. The normalized spacial score (nSPS) is 10.1. The van der Waals surface area contributed by atoms with Crippen molar-refractivity contribution in [3.63, 3.8) is 0 Å². The van der Waals surface area contributed by atoms with Gasteiger partial charge in [-0.15, -0.1) is 0 Å². The van der Waals surface area contributed by atoms with Gasteiger partial charge in [0.2, 0.25) is 0 Å². The maximum atomic E-state index is 12.2. The highest BCUT2D eigenvalue weighted by atomic mass is 127. The van der Waals surface area contributed by atoms with Gasteiger partial charge in [0.25, 0.3) is 0 Å².